The lowest BCUT2D eigenvalue weighted by molar-refractivity contribution is 0.0784. The summed E-state index contributed by atoms with van der Waals surface area (Å²) in [5.41, 5.74) is 2.32. The molecule has 1 amide bonds. The number of halogens is 2. The first-order valence-corrected chi connectivity index (χ1v) is 7.03. The van der Waals surface area contributed by atoms with Gasteiger partial charge in [0.15, 0.2) is 0 Å². The standard InChI is InChI=1S/C16H16ClFN2O/c1-3-11-4-6-12(7-5-11)10-20(2)16(21)14-8-13(18)9-19-15(14)17/h4-9H,3,10H2,1-2H3. The molecule has 3 nitrogen and oxygen atoms in total. The molecular weight excluding hydrogens is 291 g/mol. The Morgan fingerprint density at radius 3 is 2.52 bits per heavy atom. The van der Waals surface area contributed by atoms with Crippen LogP contribution >= 0.6 is 11.6 Å². The molecular formula is C16H16ClFN2O. The number of hydrogen-bond donors (Lipinski definition) is 0. The predicted octanol–water partition coefficient (Wildman–Crippen LogP) is 3.71. The maximum absolute atomic E-state index is 13.2. The van der Waals surface area contributed by atoms with Gasteiger partial charge in [-0.15, -0.1) is 0 Å². The molecule has 0 unspecified atom stereocenters. The van der Waals surface area contributed by atoms with Crippen LogP contribution in [-0.2, 0) is 13.0 Å². The van der Waals surface area contributed by atoms with Gasteiger partial charge in [-0.3, -0.25) is 4.79 Å². The summed E-state index contributed by atoms with van der Waals surface area (Å²) in [5.74, 6) is -0.935. The molecule has 0 radical (unpaired) electrons. The van der Waals surface area contributed by atoms with Gasteiger partial charge in [0, 0.05) is 13.6 Å². The Labute approximate surface area is 128 Å². The third kappa shape index (κ3) is 3.79. The number of nitrogens with zero attached hydrogens (tertiary/aromatic N) is 2. The molecule has 0 atom stereocenters. The monoisotopic (exact) mass is 306 g/mol. The van der Waals surface area contributed by atoms with Crippen molar-refractivity contribution in [2.24, 2.45) is 0 Å². The molecule has 0 aliphatic heterocycles. The summed E-state index contributed by atoms with van der Waals surface area (Å²) in [4.78, 5) is 17.4. The Morgan fingerprint density at radius 2 is 1.90 bits per heavy atom. The van der Waals surface area contributed by atoms with E-state index >= 15 is 0 Å². The van der Waals surface area contributed by atoms with E-state index in [4.69, 9.17) is 11.6 Å². The van der Waals surface area contributed by atoms with E-state index in [9.17, 15) is 9.18 Å². The van der Waals surface area contributed by atoms with E-state index in [0.717, 1.165) is 24.2 Å². The molecule has 0 N–H and O–H groups in total. The number of hydrogen-bond acceptors (Lipinski definition) is 2. The molecule has 2 rings (SSSR count). The normalized spacial score (nSPS) is 10.5. The minimum Gasteiger partial charge on any atom is -0.337 e. The smallest absolute Gasteiger partial charge is 0.257 e. The lowest BCUT2D eigenvalue weighted by Gasteiger charge is -2.18. The van der Waals surface area contributed by atoms with Crippen molar-refractivity contribution in [3.05, 3.63) is 64.2 Å². The van der Waals surface area contributed by atoms with E-state index in [-0.39, 0.29) is 16.6 Å². The van der Waals surface area contributed by atoms with Crippen molar-refractivity contribution in [3.8, 4) is 0 Å². The van der Waals surface area contributed by atoms with Crippen LogP contribution in [0.5, 0.6) is 0 Å². The molecule has 0 bridgehead atoms. The fraction of sp³-hybridized carbons (Fsp3) is 0.250. The topological polar surface area (TPSA) is 33.2 Å². The van der Waals surface area contributed by atoms with Gasteiger partial charge in [-0.2, -0.15) is 0 Å². The average Bonchev–Trinajstić information content (AvgIpc) is 2.49. The number of rotatable bonds is 4. The zero-order valence-electron chi connectivity index (χ0n) is 11.9. The summed E-state index contributed by atoms with van der Waals surface area (Å²) in [6.45, 7) is 2.51. The molecule has 2 aromatic rings. The van der Waals surface area contributed by atoms with Gasteiger partial charge in [-0.1, -0.05) is 42.8 Å². The first-order valence-electron chi connectivity index (χ1n) is 6.65. The predicted molar refractivity (Wildman–Crippen MR) is 80.8 cm³/mol. The Kier molecular flexibility index (Phi) is 4.91. The molecule has 0 saturated heterocycles. The lowest BCUT2D eigenvalue weighted by atomic mass is 10.1. The molecule has 0 aliphatic rings. The van der Waals surface area contributed by atoms with Gasteiger partial charge in [0.1, 0.15) is 11.0 Å². The second kappa shape index (κ2) is 6.68. The van der Waals surface area contributed by atoms with Gasteiger partial charge in [0.05, 0.1) is 11.8 Å². The summed E-state index contributed by atoms with van der Waals surface area (Å²) < 4.78 is 13.2. The number of pyridine rings is 1. The van der Waals surface area contributed by atoms with Crippen LogP contribution < -0.4 is 0 Å². The highest BCUT2D eigenvalue weighted by Crippen LogP contribution is 2.17. The maximum atomic E-state index is 13.2. The van der Waals surface area contributed by atoms with Crippen molar-refractivity contribution in [3.63, 3.8) is 0 Å². The number of aromatic nitrogens is 1. The van der Waals surface area contributed by atoms with Gasteiger partial charge in [-0.25, -0.2) is 9.37 Å². The molecule has 0 saturated carbocycles. The van der Waals surface area contributed by atoms with E-state index in [1.54, 1.807) is 7.05 Å². The summed E-state index contributed by atoms with van der Waals surface area (Å²) in [6, 6.07) is 9.13. The van der Waals surface area contributed by atoms with E-state index in [1.165, 1.54) is 10.5 Å². The molecule has 1 heterocycles. The van der Waals surface area contributed by atoms with Crippen molar-refractivity contribution in [1.82, 2.24) is 9.88 Å². The highest BCUT2D eigenvalue weighted by molar-refractivity contribution is 6.32. The van der Waals surface area contributed by atoms with E-state index in [0.29, 0.717) is 6.54 Å². The largest absolute Gasteiger partial charge is 0.337 e. The molecule has 0 aliphatic carbocycles. The van der Waals surface area contributed by atoms with Crippen LogP contribution in [0, 0.1) is 5.82 Å². The summed E-state index contributed by atoms with van der Waals surface area (Å²) in [6.07, 6.45) is 1.96. The van der Waals surface area contributed by atoms with Crippen molar-refractivity contribution in [1.29, 1.82) is 0 Å². The van der Waals surface area contributed by atoms with Gasteiger partial charge in [0.25, 0.3) is 5.91 Å². The van der Waals surface area contributed by atoms with E-state index in [1.807, 2.05) is 24.3 Å². The van der Waals surface area contributed by atoms with Crippen molar-refractivity contribution in [2.45, 2.75) is 19.9 Å². The average molecular weight is 307 g/mol. The number of carbonyl (C=O) groups excluding carboxylic acids is 1. The summed E-state index contributed by atoms with van der Waals surface area (Å²) in [5, 5.41) is 0.00887. The molecule has 110 valence electrons. The third-order valence-corrected chi connectivity index (χ3v) is 3.53. The molecule has 0 spiro atoms. The van der Waals surface area contributed by atoms with Crippen molar-refractivity contribution in [2.75, 3.05) is 7.05 Å². The number of carbonyl (C=O) groups is 1. The van der Waals surface area contributed by atoms with Crippen molar-refractivity contribution >= 4 is 17.5 Å². The summed E-state index contributed by atoms with van der Waals surface area (Å²) in [7, 11) is 1.65. The van der Waals surface area contributed by atoms with Crippen LogP contribution in [0.25, 0.3) is 0 Å². The second-order valence-electron chi connectivity index (χ2n) is 4.82. The third-order valence-electron chi connectivity index (χ3n) is 3.23. The van der Waals surface area contributed by atoms with Crippen LogP contribution in [-0.4, -0.2) is 22.8 Å². The lowest BCUT2D eigenvalue weighted by Crippen LogP contribution is -2.26. The van der Waals surface area contributed by atoms with Gasteiger partial charge in [0.2, 0.25) is 0 Å². The quantitative estimate of drug-likeness (QED) is 0.807. The molecule has 21 heavy (non-hydrogen) atoms. The fourth-order valence-electron chi connectivity index (χ4n) is 2.00. The van der Waals surface area contributed by atoms with E-state index < -0.39 is 5.82 Å². The molecule has 1 aromatic carbocycles. The van der Waals surface area contributed by atoms with E-state index in [2.05, 4.69) is 11.9 Å². The Balaban J connectivity index is 2.13. The number of benzene rings is 1. The first kappa shape index (κ1) is 15.4. The van der Waals surface area contributed by atoms with Crippen LogP contribution in [0.3, 0.4) is 0 Å². The molecule has 5 heteroatoms. The Morgan fingerprint density at radius 1 is 1.29 bits per heavy atom. The Bertz CT molecular complexity index is 643. The van der Waals surface area contributed by atoms with Gasteiger partial charge < -0.3 is 4.90 Å². The number of aryl methyl sites for hydroxylation is 1. The maximum Gasteiger partial charge on any atom is 0.257 e. The second-order valence-corrected chi connectivity index (χ2v) is 5.18. The highest BCUT2D eigenvalue weighted by Gasteiger charge is 2.17. The Hall–Kier alpha value is -1.94. The van der Waals surface area contributed by atoms with Gasteiger partial charge >= 0.3 is 0 Å². The fourth-order valence-corrected chi connectivity index (χ4v) is 2.19. The van der Waals surface area contributed by atoms with Crippen LogP contribution in [0.2, 0.25) is 5.15 Å². The SMILES string of the molecule is CCc1ccc(CN(C)C(=O)c2cc(F)cnc2Cl)cc1. The zero-order valence-corrected chi connectivity index (χ0v) is 12.7. The van der Waals surface area contributed by atoms with Gasteiger partial charge in [-0.05, 0) is 23.6 Å². The summed E-state index contributed by atoms with van der Waals surface area (Å²) >= 11 is 5.85. The van der Waals surface area contributed by atoms with Crippen LogP contribution in [0.15, 0.2) is 36.5 Å². The van der Waals surface area contributed by atoms with Crippen LogP contribution in [0.4, 0.5) is 4.39 Å². The molecule has 0 fully saturated rings. The molecule has 1 aromatic heterocycles. The first-order chi connectivity index (χ1) is 10.0. The number of amides is 1. The minimum absolute atomic E-state index is 0.00887. The van der Waals surface area contributed by atoms with Crippen molar-refractivity contribution < 1.29 is 9.18 Å². The van der Waals surface area contributed by atoms with Crippen LogP contribution in [0.1, 0.15) is 28.4 Å². The highest BCUT2D eigenvalue weighted by atomic mass is 35.5. The minimum atomic E-state index is -0.580. The zero-order chi connectivity index (χ0) is 15.4.